The molecule has 0 radical (unpaired) electrons. The summed E-state index contributed by atoms with van der Waals surface area (Å²) in [6, 6.07) is 10.3. The number of nitrogens with zero attached hydrogens (tertiary/aromatic N) is 2. The molecule has 5 heteroatoms. The third-order valence-electron chi connectivity index (χ3n) is 5.05. The van der Waals surface area contributed by atoms with Gasteiger partial charge in [-0.3, -0.25) is 9.80 Å². The maximum Gasteiger partial charge on any atom is 0.158 e. The lowest BCUT2D eigenvalue weighted by Crippen LogP contribution is -2.52. The summed E-state index contributed by atoms with van der Waals surface area (Å²) in [6.07, 6.45) is -0.978. The van der Waals surface area contributed by atoms with Crippen molar-refractivity contribution in [1.82, 2.24) is 9.80 Å². The fourth-order valence-electron chi connectivity index (χ4n) is 4.15. The number of ether oxygens (including phenoxy) is 1. The highest BCUT2D eigenvalue weighted by molar-refractivity contribution is 5.15. The number of aliphatic hydroxyl groups excluding tert-OH is 1. The Morgan fingerprint density at radius 1 is 1.32 bits per heavy atom. The monoisotopic (exact) mass is 308 g/mol. The number of rotatable bonds is 4. The summed E-state index contributed by atoms with van der Waals surface area (Å²) >= 11 is 0. The van der Waals surface area contributed by atoms with Crippen molar-refractivity contribution < 1.29 is 14.2 Å². The average Bonchev–Trinajstić information content (AvgIpc) is 2.86. The van der Waals surface area contributed by atoms with Gasteiger partial charge in [0.1, 0.15) is 6.17 Å². The number of benzene rings is 1. The van der Waals surface area contributed by atoms with Gasteiger partial charge in [0, 0.05) is 32.7 Å². The van der Waals surface area contributed by atoms with Gasteiger partial charge in [0.15, 0.2) is 6.29 Å². The van der Waals surface area contributed by atoms with E-state index >= 15 is 0 Å². The maximum atomic E-state index is 14.0. The van der Waals surface area contributed by atoms with Gasteiger partial charge < -0.3 is 9.84 Å². The Hall–Kier alpha value is -1.01. The first-order chi connectivity index (χ1) is 10.6. The first-order valence-electron chi connectivity index (χ1n) is 7.93. The highest BCUT2D eigenvalue weighted by Crippen LogP contribution is 2.41. The van der Waals surface area contributed by atoms with Gasteiger partial charge in [-0.05, 0) is 24.9 Å². The summed E-state index contributed by atoms with van der Waals surface area (Å²) in [7, 11) is 3.49. The van der Waals surface area contributed by atoms with E-state index < -0.39 is 12.5 Å². The molecule has 0 saturated carbocycles. The molecule has 122 valence electrons. The lowest BCUT2D eigenvalue weighted by atomic mass is 9.85. The van der Waals surface area contributed by atoms with Crippen LogP contribution in [-0.4, -0.2) is 60.8 Å². The Morgan fingerprint density at radius 2 is 2.05 bits per heavy atom. The van der Waals surface area contributed by atoms with Gasteiger partial charge in [-0.1, -0.05) is 30.3 Å². The van der Waals surface area contributed by atoms with Crippen molar-refractivity contribution in [2.75, 3.05) is 27.2 Å². The molecule has 2 saturated heterocycles. The maximum absolute atomic E-state index is 14.0. The van der Waals surface area contributed by atoms with Crippen LogP contribution >= 0.6 is 0 Å². The van der Waals surface area contributed by atoms with Gasteiger partial charge in [-0.15, -0.1) is 0 Å². The van der Waals surface area contributed by atoms with Crippen LogP contribution in [0.5, 0.6) is 0 Å². The standard InChI is InChI=1S/C17H25FN2O2/c1-19-10-13(18)8-14-15(17(21)22-2)11-20(16(14)19)9-12-6-4-3-5-7-12/h3-7,13-17,21H,8-11H2,1-2H3. The highest BCUT2D eigenvalue weighted by Gasteiger charge is 2.50. The number of halogens is 1. The minimum Gasteiger partial charge on any atom is -0.368 e. The van der Waals surface area contributed by atoms with Crippen LogP contribution in [0.25, 0.3) is 0 Å². The molecule has 2 heterocycles. The summed E-state index contributed by atoms with van der Waals surface area (Å²) in [5.74, 6) is 0.0622. The molecule has 3 rings (SSSR count). The summed E-state index contributed by atoms with van der Waals surface area (Å²) in [5.41, 5.74) is 1.24. The third kappa shape index (κ3) is 3.04. The van der Waals surface area contributed by atoms with E-state index in [2.05, 4.69) is 21.9 Å². The number of hydrogen-bond acceptors (Lipinski definition) is 4. The first kappa shape index (κ1) is 15.9. The number of hydrogen-bond donors (Lipinski definition) is 1. The predicted molar refractivity (Wildman–Crippen MR) is 82.8 cm³/mol. The molecule has 0 bridgehead atoms. The Bertz CT molecular complexity index is 487. The van der Waals surface area contributed by atoms with Crippen molar-refractivity contribution >= 4 is 0 Å². The van der Waals surface area contributed by atoms with Crippen molar-refractivity contribution in [2.45, 2.75) is 31.6 Å². The van der Waals surface area contributed by atoms with Crippen molar-refractivity contribution in [1.29, 1.82) is 0 Å². The lowest BCUT2D eigenvalue weighted by molar-refractivity contribution is -0.126. The van der Waals surface area contributed by atoms with Crippen LogP contribution in [0.1, 0.15) is 12.0 Å². The van der Waals surface area contributed by atoms with Gasteiger partial charge in [0.05, 0.1) is 6.17 Å². The van der Waals surface area contributed by atoms with Crippen molar-refractivity contribution in [2.24, 2.45) is 11.8 Å². The molecule has 1 aromatic carbocycles. The van der Waals surface area contributed by atoms with Crippen LogP contribution in [0.3, 0.4) is 0 Å². The average molecular weight is 308 g/mol. The van der Waals surface area contributed by atoms with Gasteiger partial charge in [0.25, 0.3) is 0 Å². The van der Waals surface area contributed by atoms with E-state index in [9.17, 15) is 9.50 Å². The summed E-state index contributed by atoms with van der Waals surface area (Å²) in [5, 5.41) is 10.2. The number of methoxy groups -OCH3 is 1. The molecule has 5 unspecified atom stereocenters. The Balaban J connectivity index is 1.81. The second-order valence-electron chi connectivity index (χ2n) is 6.56. The van der Waals surface area contributed by atoms with E-state index in [1.54, 1.807) is 0 Å². The number of alkyl halides is 1. The molecule has 2 aliphatic heterocycles. The van der Waals surface area contributed by atoms with Crippen molar-refractivity contribution in [3.05, 3.63) is 35.9 Å². The normalized spacial score (nSPS) is 34.5. The first-order valence-corrected chi connectivity index (χ1v) is 7.93. The van der Waals surface area contributed by atoms with Gasteiger partial charge in [-0.25, -0.2) is 4.39 Å². The van der Waals surface area contributed by atoms with E-state index in [1.807, 2.05) is 25.2 Å². The van der Waals surface area contributed by atoms with Crippen LogP contribution in [0.15, 0.2) is 30.3 Å². The summed E-state index contributed by atoms with van der Waals surface area (Å²) in [4.78, 5) is 4.43. The lowest BCUT2D eigenvalue weighted by Gasteiger charge is -2.41. The molecule has 2 aliphatic rings. The zero-order chi connectivity index (χ0) is 15.7. The zero-order valence-corrected chi connectivity index (χ0v) is 13.2. The molecule has 4 nitrogen and oxygen atoms in total. The molecule has 22 heavy (non-hydrogen) atoms. The molecule has 0 amide bonds. The highest BCUT2D eigenvalue weighted by atomic mass is 19.1. The number of aliphatic hydroxyl groups is 1. The van der Waals surface area contributed by atoms with Gasteiger partial charge in [0.2, 0.25) is 0 Å². The molecule has 0 aromatic heterocycles. The van der Waals surface area contributed by atoms with E-state index in [0.717, 1.165) is 13.1 Å². The fourth-order valence-corrected chi connectivity index (χ4v) is 4.15. The second-order valence-corrected chi connectivity index (χ2v) is 6.56. The topological polar surface area (TPSA) is 35.9 Å². The summed E-state index contributed by atoms with van der Waals surface area (Å²) in [6.45, 7) is 2.01. The Kier molecular flexibility index (Phi) is 4.78. The minimum atomic E-state index is -0.827. The van der Waals surface area contributed by atoms with Crippen molar-refractivity contribution in [3.8, 4) is 0 Å². The molecule has 5 atom stereocenters. The van der Waals surface area contributed by atoms with Gasteiger partial charge >= 0.3 is 0 Å². The number of fused-ring (bicyclic) bond motifs is 1. The van der Waals surface area contributed by atoms with E-state index in [0.29, 0.717) is 13.0 Å². The second kappa shape index (κ2) is 6.62. The van der Waals surface area contributed by atoms with Gasteiger partial charge in [-0.2, -0.15) is 0 Å². The molecule has 1 aromatic rings. The molecular formula is C17H25FN2O2. The number of piperidine rings is 1. The van der Waals surface area contributed by atoms with E-state index in [4.69, 9.17) is 4.74 Å². The van der Waals surface area contributed by atoms with Crippen LogP contribution in [0.2, 0.25) is 0 Å². The van der Waals surface area contributed by atoms with Crippen LogP contribution in [0.4, 0.5) is 4.39 Å². The molecule has 0 aliphatic carbocycles. The number of likely N-dealkylation sites (tertiary alicyclic amines) is 2. The van der Waals surface area contributed by atoms with E-state index in [-0.39, 0.29) is 18.0 Å². The molecular weight excluding hydrogens is 283 g/mol. The van der Waals surface area contributed by atoms with Crippen LogP contribution < -0.4 is 0 Å². The third-order valence-corrected chi connectivity index (χ3v) is 5.05. The molecule has 0 spiro atoms. The largest absolute Gasteiger partial charge is 0.368 e. The SMILES string of the molecule is COC(O)C1CN(Cc2ccccc2)C2C1CC(F)CN2C. The van der Waals surface area contributed by atoms with Crippen molar-refractivity contribution in [3.63, 3.8) is 0 Å². The molecule has 1 N–H and O–H groups in total. The summed E-state index contributed by atoms with van der Waals surface area (Å²) < 4.78 is 19.1. The Morgan fingerprint density at radius 3 is 2.73 bits per heavy atom. The minimum absolute atomic E-state index is 0.0419. The predicted octanol–water partition coefficient (Wildman–Crippen LogP) is 1.70. The Labute approximate surface area is 131 Å². The smallest absolute Gasteiger partial charge is 0.158 e. The molecule has 2 fully saturated rings. The van der Waals surface area contributed by atoms with Crippen LogP contribution in [-0.2, 0) is 11.3 Å². The zero-order valence-electron chi connectivity index (χ0n) is 13.2. The van der Waals surface area contributed by atoms with E-state index in [1.165, 1.54) is 12.7 Å². The quantitative estimate of drug-likeness (QED) is 0.859. The fraction of sp³-hybridized carbons (Fsp3) is 0.647. The van der Waals surface area contributed by atoms with Crippen LogP contribution in [0, 0.1) is 11.8 Å².